The Balaban J connectivity index is 0. The molecule has 0 aromatic heterocycles. The fraction of sp³-hybridized carbons (Fsp3) is 0.400. The summed E-state index contributed by atoms with van der Waals surface area (Å²) in [6.45, 7) is 0. The Morgan fingerprint density at radius 2 is 1.45 bits per heavy atom. The minimum Gasteiger partial charge on any atom is -0.481 e. The largest absolute Gasteiger partial charge is 0.481 e. The molecule has 0 heterocycles. The number of hydrogen-bond donors (Lipinski definition) is 2. The maximum atomic E-state index is 10.2. The Morgan fingerprint density at radius 1 is 1.00 bits per heavy atom. The summed E-state index contributed by atoms with van der Waals surface area (Å²) in [7, 11) is 0. The van der Waals surface area contributed by atoms with Gasteiger partial charge in [-0.3, -0.25) is 9.59 Å². The molecular formula is C5H6CoO5. The first-order valence-electron chi connectivity index (χ1n) is 2.52. The first kappa shape index (κ1) is 12.8. The minimum absolute atomic E-state index is 0. The molecule has 0 aliphatic heterocycles. The fourth-order valence-corrected chi connectivity index (χ4v) is 0.327. The van der Waals surface area contributed by atoms with Crippen LogP contribution in [0, 0.1) is 0 Å². The Hall–Kier alpha value is -0.884. The summed E-state index contributed by atoms with van der Waals surface area (Å²) in [5.41, 5.74) is 0. The first-order chi connectivity index (χ1) is 4.54. The van der Waals surface area contributed by atoms with Gasteiger partial charge in [-0.1, -0.05) is 0 Å². The molecule has 0 aliphatic carbocycles. The summed E-state index contributed by atoms with van der Waals surface area (Å²) >= 11 is 0. The van der Waals surface area contributed by atoms with Crippen LogP contribution >= 0.6 is 0 Å². The summed E-state index contributed by atoms with van der Waals surface area (Å²) in [4.78, 5) is 29.7. The van der Waals surface area contributed by atoms with E-state index >= 15 is 0 Å². The molecule has 0 amide bonds. The van der Waals surface area contributed by atoms with E-state index in [0.29, 0.717) is 0 Å². The molecule has 0 atom stereocenters. The van der Waals surface area contributed by atoms with Gasteiger partial charge >= 0.3 is 11.9 Å². The van der Waals surface area contributed by atoms with E-state index in [9.17, 15) is 14.4 Å². The van der Waals surface area contributed by atoms with Crippen molar-refractivity contribution in [3.8, 4) is 0 Å². The molecule has 0 spiro atoms. The van der Waals surface area contributed by atoms with Gasteiger partial charge in [-0.15, -0.1) is 0 Å². The standard InChI is InChI=1S/C5H6O5.Co/c6-3(5(9)10)1-2-4(7)8;/h1-2H2,(H,7,8)(H,9,10);. The molecule has 0 aromatic carbocycles. The second kappa shape index (κ2) is 5.87. The van der Waals surface area contributed by atoms with Gasteiger partial charge in [0.1, 0.15) is 0 Å². The summed E-state index contributed by atoms with van der Waals surface area (Å²) in [6.07, 6.45) is -0.865. The van der Waals surface area contributed by atoms with Gasteiger partial charge in [0.05, 0.1) is 6.42 Å². The molecule has 0 unspecified atom stereocenters. The van der Waals surface area contributed by atoms with Crippen molar-refractivity contribution in [1.82, 2.24) is 0 Å². The second-order valence-corrected chi connectivity index (χ2v) is 1.62. The van der Waals surface area contributed by atoms with Crippen molar-refractivity contribution in [1.29, 1.82) is 0 Å². The molecule has 0 bridgehead atoms. The van der Waals surface area contributed by atoms with E-state index in [1.54, 1.807) is 0 Å². The number of carbonyl (C=O) groups excluding carboxylic acids is 1. The van der Waals surface area contributed by atoms with E-state index in [-0.39, 0.29) is 16.8 Å². The molecule has 1 radical (unpaired) electrons. The average molecular weight is 205 g/mol. The van der Waals surface area contributed by atoms with Gasteiger partial charge in [0.25, 0.3) is 0 Å². The summed E-state index contributed by atoms with van der Waals surface area (Å²) in [5.74, 6) is -3.82. The topological polar surface area (TPSA) is 91.7 Å². The summed E-state index contributed by atoms with van der Waals surface area (Å²) in [6, 6.07) is 0. The van der Waals surface area contributed by atoms with Crippen molar-refractivity contribution >= 4 is 17.7 Å². The van der Waals surface area contributed by atoms with Gasteiger partial charge in [-0.25, -0.2) is 4.79 Å². The van der Waals surface area contributed by atoms with Gasteiger partial charge in [0.15, 0.2) is 0 Å². The number of aliphatic carboxylic acids is 2. The van der Waals surface area contributed by atoms with Crippen LogP contribution < -0.4 is 0 Å². The zero-order valence-corrected chi connectivity index (χ0v) is 6.41. The molecule has 0 aliphatic rings. The molecule has 0 fully saturated rings. The smallest absolute Gasteiger partial charge is 0.372 e. The molecule has 0 rings (SSSR count). The number of carbonyl (C=O) groups is 3. The van der Waals surface area contributed by atoms with Gasteiger partial charge in [0.2, 0.25) is 5.78 Å². The van der Waals surface area contributed by atoms with Crippen molar-refractivity contribution in [2.75, 3.05) is 0 Å². The summed E-state index contributed by atoms with van der Waals surface area (Å²) in [5, 5.41) is 16.0. The van der Waals surface area contributed by atoms with E-state index in [0.717, 1.165) is 0 Å². The SMILES string of the molecule is O=C(O)CCC(=O)C(=O)O.[Co]. The first-order valence-corrected chi connectivity index (χ1v) is 2.52. The number of hydrogen-bond acceptors (Lipinski definition) is 3. The van der Waals surface area contributed by atoms with E-state index in [2.05, 4.69) is 0 Å². The number of ketones is 1. The minimum atomic E-state index is -1.58. The van der Waals surface area contributed by atoms with Crippen LogP contribution in [0.2, 0.25) is 0 Å². The number of Topliss-reactive ketones (excluding diaryl/α,β-unsaturated/α-hetero) is 1. The molecule has 6 heteroatoms. The zero-order valence-electron chi connectivity index (χ0n) is 5.37. The predicted molar refractivity (Wildman–Crippen MR) is 29.5 cm³/mol. The van der Waals surface area contributed by atoms with Crippen LogP contribution in [0.3, 0.4) is 0 Å². The van der Waals surface area contributed by atoms with Crippen molar-refractivity contribution < 1.29 is 41.4 Å². The van der Waals surface area contributed by atoms with Crippen molar-refractivity contribution in [3.63, 3.8) is 0 Å². The van der Waals surface area contributed by atoms with Crippen LogP contribution in [0.5, 0.6) is 0 Å². The molecule has 11 heavy (non-hydrogen) atoms. The zero-order chi connectivity index (χ0) is 8.15. The molecule has 5 nitrogen and oxygen atoms in total. The van der Waals surface area contributed by atoms with Crippen molar-refractivity contribution in [2.45, 2.75) is 12.8 Å². The van der Waals surface area contributed by atoms with Crippen LogP contribution in [0.1, 0.15) is 12.8 Å². The second-order valence-electron chi connectivity index (χ2n) is 1.62. The number of carboxylic acids is 2. The Morgan fingerprint density at radius 3 is 1.73 bits per heavy atom. The van der Waals surface area contributed by atoms with Crippen LogP contribution in [-0.2, 0) is 31.2 Å². The molecule has 65 valence electrons. The van der Waals surface area contributed by atoms with Gasteiger partial charge in [0, 0.05) is 23.2 Å². The Labute approximate surface area is 72.6 Å². The number of rotatable bonds is 4. The predicted octanol–water partition coefficient (Wildman–Crippen LogP) is -0.498. The number of carboxylic acid groups (broad SMARTS) is 2. The molecule has 0 saturated heterocycles. The summed E-state index contributed by atoms with van der Waals surface area (Å²) < 4.78 is 0. The van der Waals surface area contributed by atoms with E-state index < -0.39 is 30.6 Å². The fourth-order valence-electron chi connectivity index (χ4n) is 0.327. The Bertz CT molecular complexity index is 176. The van der Waals surface area contributed by atoms with Crippen LogP contribution in [-0.4, -0.2) is 27.9 Å². The van der Waals surface area contributed by atoms with E-state index in [1.165, 1.54) is 0 Å². The Kier molecular flexibility index (Phi) is 6.81. The molecule has 2 N–H and O–H groups in total. The van der Waals surface area contributed by atoms with Crippen molar-refractivity contribution in [2.24, 2.45) is 0 Å². The normalized spacial score (nSPS) is 8.00. The quantitative estimate of drug-likeness (QED) is 0.603. The van der Waals surface area contributed by atoms with Crippen molar-refractivity contribution in [3.05, 3.63) is 0 Å². The maximum Gasteiger partial charge on any atom is 0.372 e. The monoisotopic (exact) mass is 205 g/mol. The van der Waals surface area contributed by atoms with E-state index in [1.807, 2.05) is 0 Å². The molecule has 0 saturated carbocycles. The maximum absolute atomic E-state index is 10.2. The van der Waals surface area contributed by atoms with Crippen LogP contribution in [0.15, 0.2) is 0 Å². The average Bonchev–Trinajstić information content (AvgIpc) is 1.82. The van der Waals surface area contributed by atoms with Gasteiger partial charge < -0.3 is 10.2 Å². The molecular weight excluding hydrogens is 199 g/mol. The van der Waals surface area contributed by atoms with Crippen LogP contribution in [0.4, 0.5) is 0 Å². The van der Waals surface area contributed by atoms with E-state index in [4.69, 9.17) is 10.2 Å². The van der Waals surface area contributed by atoms with Gasteiger partial charge in [-0.2, -0.15) is 0 Å². The third kappa shape index (κ3) is 7.01. The third-order valence-corrected chi connectivity index (χ3v) is 0.804. The van der Waals surface area contributed by atoms with Gasteiger partial charge in [-0.05, 0) is 0 Å². The molecule has 0 aromatic rings. The third-order valence-electron chi connectivity index (χ3n) is 0.804. The van der Waals surface area contributed by atoms with Crippen LogP contribution in [0.25, 0.3) is 0 Å².